The lowest BCUT2D eigenvalue weighted by Gasteiger charge is -2.01. The highest BCUT2D eigenvalue weighted by molar-refractivity contribution is 5.73. The Bertz CT molecular complexity index is 444. The molecule has 0 fully saturated rings. The molecular formula is C12H14N2O2. The van der Waals surface area contributed by atoms with Crippen LogP contribution in [0.25, 0.3) is 0 Å². The highest BCUT2D eigenvalue weighted by Gasteiger charge is 1.97. The maximum atomic E-state index is 10.6. The van der Waals surface area contributed by atoms with Crippen molar-refractivity contribution in [3.05, 3.63) is 29.3 Å². The van der Waals surface area contributed by atoms with E-state index < -0.39 is 0 Å². The van der Waals surface area contributed by atoms with Crippen molar-refractivity contribution in [2.24, 2.45) is 0 Å². The average Bonchev–Trinajstić information content (AvgIpc) is 2.26. The van der Waals surface area contributed by atoms with Gasteiger partial charge in [0, 0.05) is 23.7 Å². The predicted molar refractivity (Wildman–Crippen MR) is 62.3 cm³/mol. The van der Waals surface area contributed by atoms with Gasteiger partial charge in [0.05, 0.1) is 13.2 Å². The smallest absolute Gasteiger partial charge is 0.217 e. The quantitative estimate of drug-likeness (QED) is 0.492. The SMILES string of the molecule is CC(=O)NCC#Cc1ccc(N)c(CO)c1. The van der Waals surface area contributed by atoms with Crippen molar-refractivity contribution in [3.8, 4) is 11.8 Å². The number of hydrogen-bond donors (Lipinski definition) is 3. The van der Waals surface area contributed by atoms with Gasteiger partial charge in [0.2, 0.25) is 5.91 Å². The molecule has 84 valence electrons. The van der Waals surface area contributed by atoms with Crippen LogP contribution in [0.4, 0.5) is 5.69 Å². The van der Waals surface area contributed by atoms with Gasteiger partial charge in [-0.15, -0.1) is 0 Å². The van der Waals surface area contributed by atoms with Gasteiger partial charge in [-0.1, -0.05) is 11.8 Å². The van der Waals surface area contributed by atoms with E-state index in [4.69, 9.17) is 10.8 Å². The molecule has 1 rings (SSSR count). The second-order valence-corrected chi connectivity index (χ2v) is 3.28. The van der Waals surface area contributed by atoms with Crippen LogP contribution in [-0.4, -0.2) is 17.6 Å². The average molecular weight is 218 g/mol. The second-order valence-electron chi connectivity index (χ2n) is 3.28. The number of hydrogen-bond acceptors (Lipinski definition) is 3. The zero-order valence-corrected chi connectivity index (χ0v) is 9.08. The molecule has 0 aliphatic rings. The summed E-state index contributed by atoms with van der Waals surface area (Å²) in [6, 6.07) is 5.21. The zero-order valence-electron chi connectivity index (χ0n) is 9.08. The lowest BCUT2D eigenvalue weighted by Crippen LogP contribution is -2.19. The van der Waals surface area contributed by atoms with Gasteiger partial charge in [-0.05, 0) is 18.2 Å². The third kappa shape index (κ3) is 3.64. The minimum Gasteiger partial charge on any atom is -0.398 e. The summed E-state index contributed by atoms with van der Waals surface area (Å²) in [4.78, 5) is 10.6. The standard InChI is InChI=1S/C12H14N2O2/c1-9(16)14-6-2-3-10-4-5-12(13)11(7-10)8-15/h4-5,7,15H,6,8,13H2,1H3,(H,14,16). The number of anilines is 1. The molecule has 0 spiro atoms. The molecule has 0 aliphatic heterocycles. The first-order valence-electron chi connectivity index (χ1n) is 4.86. The fourth-order valence-electron chi connectivity index (χ4n) is 1.14. The Morgan fingerprint density at radius 3 is 2.94 bits per heavy atom. The third-order valence-electron chi connectivity index (χ3n) is 1.97. The van der Waals surface area contributed by atoms with Crippen LogP contribution in [0, 0.1) is 11.8 Å². The number of aliphatic hydroxyl groups is 1. The Morgan fingerprint density at radius 2 is 2.31 bits per heavy atom. The Hall–Kier alpha value is -1.99. The summed E-state index contributed by atoms with van der Waals surface area (Å²) in [6.07, 6.45) is 0. The van der Waals surface area contributed by atoms with E-state index >= 15 is 0 Å². The van der Waals surface area contributed by atoms with Crippen LogP contribution < -0.4 is 11.1 Å². The second kappa shape index (κ2) is 5.79. The molecule has 4 N–H and O–H groups in total. The van der Waals surface area contributed by atoms with Gasteiger partial charge in [-0.2, -0.15) is 0 Å². The fourth-order valence-corrected chi connectivity index (χ4v) is 1.14. The van der Waals surface area contributed by atoms with E-state index in [1.54, 1.807) is 18.2 Å². The first-order chi connectivity index (χ1) is 7.63. The van der Waals surface area contributed by atoms with E-state index in [1.807, 2.05) is 0 Å². The number of aliphatic hydroxyl groups excluding tert-OH is 1. The summed E-state index contributed by atoms with van der Waals surface area (Å²) in [7, 11) is 0. The minimum atomic E-state index is -0.109. The van der Waals surface area contributed by atoms with E-state index in [2.05, 4.69) is 17.2 Å². The van der Waals surface area contributed by atoms with E-state index in [0.717, 1.165) is 5.56 Å². The van der Waals surface area contributed by atoms with Crippen LogP contribution in [-0.2, 0) is 11.4 Å². The molecule has 0 aliphatic carbocycles. The maximum Gasteiger partial charge on any atom is 0.217 e. The monoisotopic (exact) mass is 218 g/mol. The molecule has 0 saturated heterocycles. The number of benzene rings is 1. The number of carbonyl (C=O) groups is 1. The third-order valence-corrected chi connectivity index (χ3v) is 1.97. The van der Waals surface area contributed by atoms with Gasteiger partial charge in [-0.3, -0.25) is 4.79 Å². The number of nitrogens with one attached hydrogen (secondary N) is 1. The molecule has 0 unspecified atom stereocenters. The van der Waals surface area contributed by atoms with E-state index in [9.17, 15) is 4.79 Å². The summed E-state index contributed by atoms with van der Waals surface area (Å²) in [6.45, 7) is 1.65. The van der Waals surface area contributed by atoms with Crippen molar-refractivity contribution in [1.29, 1.82) is 0 Å². The topological polar surface area (TPSA) is 75.4 Å². The molecular weight excluding hydrogens is 204 g/mol. The number of nitrogens with two attached hydrogens (primary N) is 1. The zero-order chi connectivity index (χ0) is 12.0. The van der Waals surface area contributed by atoms with Crippen LogP contribution in [0.5, 0.6) is 0 Å². The van der Waals surface area contributed by atoms with Gasteiger partial charge < -0.3 is 16.2 Å². The van der Waals surface area contributed by atoms with Gasteiger partial charge in [0.25, 0.3) is 0 Å². The van der Waals surface area contributed by atoms with Crippen LogP contribution >= 0.6 is 0 Å². The molecule has 0 atom stereocenters. The van der Waals surface area contributed by atoms with Gasteiger partial charge in [0.15, 0.2) is 0 Å². The number of amides is 1. The van der Waals surface area contributed by atoms with Crippen molar-refractivity contribution in [2.45, 2.75) is 13.5 Å². The van der Waals surface area contributed by atoms with Crippen molar-refractivity contribution in [1.82, 2.24) is 5.32 Å². The Labute approximate surface area is 94.5 Å². The van der Waals surface area contributed by atoms with Crippen LogP contribution in [0.2, 0.25) is 0 Å². The highest BCUT2D eigenvalue weighted by atomic mass is 16.3. The maximum absolute atomic E-state index is 10.6. The summed E-state index contributed by atoms with van der Waals surface area (Å²) in [5.74, 6) is 5.56. The summed E-state index contributed by atoms with van der Waals surface area (Å²) < 4.78 is 0. The molecule has 1 aromatic carbocycles. The Kier molecular flexibility index (Phi) is 4.37. The molecule has 0 aromatic heterocycles. The molecule has 4 nitrogen and oxygen atoms in total. The summed E-state index contributed by atoms with van der Waals surface area (Å²) >= 11 is 0. The van der Waals surface area contributed by atoms with Crippen molar-refractivity contribution in [3.63, 3.8) is 0 Å². The molecule has 0 heterocycles. The summed E-state index contributed by atoms with van der Waals surface area (Å²) in [5, 5.41) is 11.6. The van der Waals surface area contributed by atoms with Crippen molar-refractivity contribution >= 4 is 11.6 Å². The normalized spacial score (nSPS) is 9.12. The Balaban J connectivity index is 2.70. The van der Waals surface area contributed by atoms with Crippen LogP contribution in [0.1, 0.15) is 18.1 Å². The molecule has 0 saturated carbocycles. The van der Waals surface area contributed by atoms with Gasteiger partial charge in [0.1, 0.15) is 0 Å². The number of nitrogen functional groups attached to an aromatic ring is 1. The predicted octanol–water partition coefficient (Wildman–Crippen LogP) is 0.249. The summed E-state index contributed by atoms with van der Waals surface area (Å²) in [5.41, 5.74) is 7.61. The molecule has 1 amide bonds. The van der Waals surface area contributed by atoms with Crippen molar-refractivity contribution in [2.75, 3.05) is 12.3 Å². The van der Waals surface area contributed by atoms with Gasteiger partial charge in [-0.25, -0.2) is 0 Å². The first-order valence-corrected chi connectivity index (χ1v) is 4.86. The lowest BCUT2D eigenvalue weighted by atomic mass is 10.1. The molecule has 4 heteroatoms. The fraction of sp³-hybridized carbons (Fsp3) is 0.250. The van der Waals surface area contributed by atoms with Gasteiger partial charge >= 0.3 is 0 Å². The largest absolute Gasteiger partial charge is 0.398 e. The minimum absolute atomic E-state index is 0.104. The van der Waals surface area contributed by atoms with E-state index in [0.29, 0.717) is 17.8 Å². The molecule has 0 radical (unpaired) electrons. The number of carbonyl (C=O) groups excluding carboxylic acids is 1. The van der Waals surface area contributed by atoms with E-state index in [-0.39, 0.29) is 12.5 Å². The van der Waals surface area contributed by atoms with Crippen LogP contribution in [0.3, 0.4) is 0 Å². The van der Waals surface area contributed by atoms with Crippen molar-refractivity contribution < 1.29 is 9.90 Å². The van der Waals surface area contributed by atoms with E-state index in [1.165, 1.54) is 6.92 Å². The molecule has 16 heavy (non-hydrogen) atoms. The first kappa shape index (κ1) is 12.1. The number of rotatable bonds is 2. The highest BCUT2D eigenvalue weighted by Crippen LogP contribution is 2.13. The molecule has 0 bridgehead atoms. The Morgan fingerprint density at radius 1 is 1.56 bits per heavy atom. The lowest BCUT2D eigenvalue weighted by molar-refractivity contribution is -0.118. The molecule has 1 aromatic rings. The van der Waals surface area contributed by atoms with Crippen LogP contribution in [0.15, 0.2) is 18.2 Å².